The predicted octanol–water partition coefficient (Wildman–Crippen LogP) is 2.40. The number of likely N-dealkylation sites (tertiary alicyclic amines) is 1. The fourth-order valence-corrected chi connectivity index (χ4v) is 3.65. The van der Waals surface area contributed by atoms with Gasteiger partial charge in [0.2, 0.25) is 11.8 Å². The molecular weight excluding hydrogens is 368 g/mol. The van der Waals surface area contributed by atoms with Gasteiger partial charge in [-0.25, -0.2) is 9.97 Å². The van der Waals surface area contributed by atoms with Gasteiger partial charge < -0.3 is 14.6 Å². The Morgan fingerprint density at radius 2 is 2.07 bits per heavy atom. The zero-order valence-electron chi connectivity index (χ0n) is 16.2. The number of methoxy groups -OCH3 is 1. The maximum atomic E-state index is 12.6. The van der Waals surface area contributed by atoms with Crippen molar-refractivity contribution in [3.63, 3.8) is 0 Å². The predicted molar refractivity (Wildman–Crippen MR) is 109 cm³/mol. The molecule has 3 aromatic rings. The Kier molecular flexibility index (Phi) is 5.37. The molecular formula is C22H22N4O3. The standard InChI is InChI=1S/C22H22N4O3/c1-29-22-17(8-5-10-23-22)18-13-19(27)25-21(24-18)16-9-11-26(14-16)20(28)12-15-6-3-2-4-7-15/h2-8,10,13,16H,9,11-12,14H2,1H3,(H,24,25,27)/t16-/m0/s1. The van der Waals surface area contributed by atoms with E-state index < -0.39 is 0 Å². The van der Waals surface area contributed by atoms with E-state index in [1.807, 2.05) is 41.3 Å². The second kappa shape index (κ2) is 8.26. The van der Waals surface area contributed by atoms with Crippen LogP contribution in [0.3, 0.4) is 0 Å². The first kappa shape index (κ1) is 18.9. The van der Waals surface area contributed by atoms with Crippen LogP contribution in [0, 0.1) is 0 Å². The lowest BCUT2D eigenvalue weighted by atomic mass is 10.1. The average molecular weight is 390 g/mol. The molecule has 0 bridgehead atoms. The molecule has 0 spiro atoms. The third-order valence-electron chi connectivity index (χ3n) is 5.13. The molecule has 1 fully saturated rings. The lowest BCUT2D eigenvalue weighted by Crippen LogP contribution is -2.30. The average Bonchev–Trinajstić information content (AvgIpc) is 3.24. The number of aromatic amines is 1. The van der Waals surface area contributed by atoms with Gasteiger partial charge in [-0.1, -0.05) is 30.3 Å². The number of aromatic nitrogens is 3. The second-order valence-electron chi connectivity index (χ2n) is 7.06. The van der Waals surface area contributed by atoms with E-state index in [4.69, 9.17) is 4.74 Å². The van der Waals surface area contributed by atoms with Crippen molar-refractivity contribution >= 4 is 5.91 Å². The number of nitrogens with zero attached hydrogens (tertiary/aromatic N) is 3. The SMILES string of the molecule is COc1ncccc1-c1cc(=O)[nH]c([C@H]2CCN(C(=O)Cc3ccccc3)C2)n1. The molecule has 2 aromatic heterocycles. The molecule has 0 aliphatic carbocycles. The summed E-state index contributed by atoms with van der Waals surface area (Å²) in [6.45, 7) is 1.20. The molecule has 1 aliphatic rings. The Bertz CT molecular complexity index is 1060. The fraction of sp³-hybridized carbons (Fsp3) is 0.273. The molecule has 1 atom stereocenters. The number of rotatable bonds is 5. The molecule has 7 heteroatoms. The molecule has 1 saturated heterocycles. The highest BCUT2D eigenvalue weighted by Crippen LogP contribution is 2.28. The van der Waals surface area contributed by atoms with Gasteiger partial charge in [-0.2, -0.15) is 0 Å². The third-order valence-corrected chi connectivity index (χ3v) is 5.13. The van der Waals surface area contributed by atoms with Crippen molar-refractivity contribution in [2.45, 2.75) is 18.8 Å². The first-order valence-electron chi connectivity index (χ1n) is 9.56. The Labute approximate surface area is 168 Å². The van der Waals surface area contributed by atoms with Gasteiger partial charge in [0.05, 0.1) is 24.8 Å². The first-order valence-corrected chi connectivity index (χ1v) is 9.56. The van der Waals surface area contributed by atoms with Gasteiger partial charge in [-0.3, -0.25) is 9.59 Å². The van der Waals surface area contributed by atoms with Crippen molar-refractivity contribution in [2.75, 3.05) is 20.2 Å². The number of pyridine rings is 1. The van der Waals surface area contributed by atoms with E-state index in [2.05, 4.69) is 15.0 Å². The Morgan fingerprint density at radius 3 is 2.86 bits per heavy atom. The summed E-state index contributed by atoms with van der Waals surface area (Å²) in [6.07, 6.45) is 2.77. The lowest BCUT2D eigenvalue weighted by molar-refractivity contribution is -0.129. The summed E-state index contributed by atoms with van der Waals surface area (Å²) in [5.41, 5.74) is 1.95. The number of carbonyl (C=O) groups is 1. The van der Waals surface area contributed by atoms with E-state index in [9.17, 15) is 9.59 Å². The van der Waals surface area contributed by atoms with E-state index in [0.717, 1.165) is 12.0 Å². The van der Waals surface area contributed by atoms with Crippen LogP contribution in [-0.4, -0.2) is 46.0 Å². The van der Waals surface area contributed by atoms with Crippen molar-refractivity contribution in [3.8, 4) is 17.1 Å². The van der Waals surface area contributed by atoms with Crippen molar-refractivity contribution in [3.05, 3.63) is 76.5 Å². The molecule has 148 valence electrons. The Balaban J connectivity index is 1.53. The van der Waals surface area contributed by atoms with Crippen LogP contribution in [0.4, 0.5) is 0 Å². The molecule has 0 radical (unpaired) electrons. The van der Waals surface area contributed by atoms with E-state index in [0.29, 0.717) is 42.5 Å². The van der Waals surface area contributed by atoms with E-state index in [-0.39, 0.29) is 17.4 Å². The van der Waals surface area contributed by atoms with Crippen LogP contribution in [-0.2, 0) is 11.2 Å². The van der Waals surface area contributed by atoms with Crippen molar-refractivity contribution in [1.82, 2.24) is 19.9 Å². The van der Waals surface area contributed by atoms with E-state index >= 15 is 0 Å². The molecule has 0 saturated carbocycles. The molecule has 1 aromatic carbocycles. The van der Waals surface area contributed by atoms with Gasteiger partial charge in [0.1, 0.15) is 5.82 Å². The monoisotopic (exact) mass is 390 g/mol. The zero-order chi connectivity index (χ0) is 20.2. The highest BCUT2D eigenvalue weighted by molar-refractivity contribution is 5.79. The van der Waals surface area contributed by atoms with Crippen molar-refractivity contribution in [1.29, 1.82) is 0 Å². The van der Waals surface area contributed by atoms with Crippen LogP contribution < -0.4 is 10.3 Å². The Morgan fingerprint density at radius 1 is 1.24 bits per heavy atom. The molecule has 1 N–H and O–H groups in total. The maximum Gasteiger partial charge on any atom is 0.251 e. The van der Waals surface area contributed by atoms with Gasteiger partial charge in [0, 0.05) is 31.3 Å². The smallest absolute Gasteiger partial charge is 0.251 e. The summed E-state index contributed by atoms with van der Waals surface area (Å²) in [5.74, 6) is 1.09. The minimum absolute atomic E-state index is 0.00922. The highest BCUT2D eigenvalue weighted by atomic mass is 16.5. The molecule has 7 nitrogen and oxygen atoms in total. The van der Waals surface area contributed by atoms with Gasteiger partial charge in [0.15, 0.2) is 0 Å². The summed E-state index contributed by atoms with van der Waals surface area (Å²) in [5, 5.41) is 0. The number of hydrogen-bond acceptors (Lipinski definition) is 5. The van der Waals surface area contributed by atoms with Gasteiger partial charge in [-0.15, -0.1) is 0 Å². The van der Waals surface area contributed by atoms with Crippen LogP contribution in [0.25, 0.3) is 11.3 Å². The highest BCUT2D eigenvalue weighted by Gasteiger charge is 2.29. The van der Waals surface area contributed by atoms with Gasteiger partial charge in [-0.05, 0) is 24.1 Å². The topological polar surface area (TPSA) is 88.2 Å². The zero-order valence-corrected chi connectivity index (χ0v) is 16.2. The van der Waals surface area contributed by atoms with Crippen LogP contribution in [0.2, 0.25) is 0 Å². The largest absolute Gasteiger partial charge is 0.481 e. The van der Waals surface area contributed by atoms with Crippen LogP contribution in [0.1, 0.15) is 23.7 Å². The summed E-state index contributed by atoms with van der Waals surface area (Å²) in [4.78, 5) is 38.4. The normalized spacial score (nSPS) is 16.0. The Hall–Kier alpha value is -3.48. The second-order valence-corrected chi connectivity index (χ2v) is 7.06. The van der Waals surface area contributed by atoms with Crippen LogP contribution >= 0.6 is 0 Å². The van der Waals surface area contributed by atoms with Gasteiger partial charge >= 0.3 is 0 Å². The van der Waals surface area contributed by atoms with Crippen molar-refractivity contribution in [2.24, 2.45) is 0 Å². The quantitative estimate of drug-likeness (QED) is 0.723. The minimum atomic E-state index is -0.232. The summed E-state index contributed by atoms with van der Waals surface area (Å²) in [6, 6.07) is 14.7. The number of H-pyrrole nitrogens is 1. The fourth-order valence-electron chi connectivity index (χ4n) is 3.65. The lowest BCUT2D eigenvalue weighted by Gasteiger charge is -2.17. The number of carbonyl (C=O) groups excluding carboxylic acids is 1. The maximum absolute atomic E-state index is 12.6. The molecule has 1 amide bonds. The number of ether oxygens (including phenoxy) is 1. The summed E-state index contributed by atoms with van der Waals surface area (Å²) < 4.78 is 5.29. The first-order chi connectivity index (χ1) is 14.1. The summed E-state index contributed by atoms with van der Waals surface area (Å²) >= 11 is 0. The molecule has 3 heterocycles. The summed E-state index contributed by atoms with van der Waals surface area (Å²) in [7, 11) is 1.53. The minimum Gasteiger partial charge on any atom is -0.481 e. The molecule has 1 aliphatic heterocycles. The number of benzene rings is 1. The number of nitrogens with one attached hydrogen (secondary N) is 1. The molecule has 29 heavy (non-hydrogen) atoms. The van der Waals surface area contributed by atoms with Gasteiger partial charge in [0.25, 0.3) is 5.56 Å². The molecule has 0 unspecified atom stereocenters. The van der Waals surface area contributed by atoms with E-state index in [1.165, 1.54) is 13.2 Å². The van der Waals surface area contributed by atoms with E-state index in [1.54, 1.807) is 12.3 Å². The van der Waals surface area contributed by atoms with Crippen molar-refractivity contribution < 1.29 is 9.53 Å². The number of hydrogen-bond donors (Lipinski definition) is 1. The number of amides is 1. The van der Waals surface area contributed by atoms with Crippen LogP contribution in [0.5, 0.6) is 5.88 Å². The molecule has 4 rings (SSSR count). The third kappa shape index (κ3) is 4.18. The van der Waals surface area contributed by atoms with Crippen LogP contribution in [0.15, 0.2) is 59.5 Å².